The third-order valence-electron chi connectivity index (χ3n) is 4.79. The molecule has 0 saturated carbocycles. The third-order valence-corrected chi connectivity index (χ3v) is 4.79. The number of hydrogen-bond acceptors (Lipinski definition) is 4. The Balaban J connectivity index is 0.00000261. The zero-order valence-corrected chi connectivity index (χ0v) is 18.8. The molecule has 3 rings (SSSR count). The number of methoxy groups -OCH3 is 1. The average Bonchev–Trinajstić information content (AvgIpc) is 3.00. The van der Waals surface area contributed by atoms with E-state index in [9.17, 15) is 0 Å². The second-order valence-electron chi connectivity index (χ2n) is 6.51. The average molecular weight is 484 g/mol. The van der Waals surface area contributed by atoms with Gasteiger partial charge in [-0.3, -0.25) is 4.99 Å². The van der Waals surface area contributed by atoms with Crippen LogP contribution in [-0.2, 0) is 6.54 Å². The van der Waals surface area contributed by atoms with Gasteiger partial charge in [-0.1, -0.05) is 6.07 Å². The van der Waals surface area contributed by atoms with Gasteiger partial charge in [-0.15, -0.1) is 24.0 Å². The predicted molar refractivity (Wildman–Crippen MR) is 121 cm³/mol. The second kappa shape index (κ2) is 9.87. The van der Waals surface area contributed by atoms with Crippen molar-refractivity contribution in [3.8, 4) is 5.75 Å². The van der Waals surface area contributed by atoms with Crippen LogP contribution in [-0.4, -0.2) is 51.2 Å². The lowest BCUT2D eigenvalue weighted by Gasteiger charge is -2.37. The first kappa shape index (κ1) is 21.4. The Bertz CT molecular complexity index is 767. The van der Waals surface area contributed by atoms with Crippen molar-refractivity contribution in [2.45, 2.75) is 20.4 Å². The molecule has 148 valence electrons. The van der Waals surface area contributed by atoms with Crippen molar-refractivity contribution in [2.75, 3.05) is 45.2 Å². The molecule has 0 unspecified atom stereocenters. The van der Waals surface area contributed by atoms with Crippen LogP contribution in [0.1, 0.15) is 17.1 Å². The summed E-state index contributed by atoms with van der Waals surface area (Å²) in [6, 6.07) is 10.3. The predicted octanol–water partition coefficient (Wildman–Crippen LogP) is 3.42. The summed E-state index contributed by atoms with van der Waals surface area (Å²) >= 11 is 0. The number of piperazine rings is 1. The number of halogens is 1. The minimum Gasteiger partial charge on any atom is -0.497 e. The largest absolute Gasteiger partial charge is 0.497 e. The number of aliphatic imine (C=N–C) groups is 1. The van der Waals surface area contributed by atoms with Crippen LogP contribution in [0.5, 0.6) is 5.75 Å². The van der Waals surface area contributed by atoms with Gasteiger partial charge < -0.3 is 24.3 Å². The maximum atomic E-state index is 5.60. The summed E-state index contributed by atoms with van der Waals surface area (Å²) in [7, 11) is 3.54. The molecule has 2 heterocycles. The summed E-state index contributed by atoms with van der Waals surface area (Å²) in [5.41, 5.74) is 2.38. The molecule has 0 aliphatic carbocycles. The quantitative estimate of drug-likeness (QED) is 0.410. The van der Waals surface area contributed by atoms with Crippen molar-refractivity contribution < 1.29 is 9.15 Å². The monoisotopic (exact) mass is 484 g/mol. The molecule has 7 heteroatoms. The zero-order chi connectivity index (χ0) is 18.5. The fraction of sp³-hybridized carbons (Fsp3) is 0.450. The molecule has 1 saturated heterocycles. The van der Waals surface area contributed by atoms with Gasteiger partial charge in [0.25, 0.3) is 0 Å². The molecule has 1 aromatic carbocycles. The molecule has 1 fully saturated rings. The van der Waals surface area contributed by atoms with E-state index in [1.54, 1.807) is 7.11 Å². The standard InChI is InChI=1S/C20H28N4O2.HI/c1-15-12-17(16(2)26-15)14-22-20(21-3)24-10-8-23(9-11-24)18-6-5-7-19(13-18)25-4;/h5-7,12-13H,8-11,14H2,1-4H3,(H,21,22);1H. The second-order valence-corrected chi connectivity index (χ2v) is 6.51. The molecule has 2 aromatic rings. The molecular formula is C20H29IN4O2. The lowest BCUT2D eigenvalue weighted by Crippen LogP contribution is -2.52. The topological polar surface area (TPSA) is 53.2 Å². The van der Waals surface area contributed by atoms with Crippen LogP contribution in [0, 0.1) is 13.8 Å². The molecule has 0 bridgehead atoms. The number of benzene rings is 1. The fourth-order valence-electron chi connectivity index (χ4n) is 3.35. The number of anilines is 1. The molecule has 27 heavy (non-hydrogen) atoms. The van der Waals surface area contributed by atoms with Gasteiger partial charge in [0, 0.05) is 57.1 Å². The molecule has 0 spiro atoms. The highest BCUT2D eigenvalue weighted by molar-refractivity contribution is 14.0. The van der Waals surface area contributed by atoms with Crippen molar-refractivity contribution in [2.24, 2.45) is 4.99 Å². The minimum atomic E-state index is 0. The number of ether oxygens (including phenoxy) is 1. The Morgan fingerprint density at radius 2 is 1.93 bits per heavy atom. The van der Waals surface area contributed by atoms with Crippen molar-refractivity contribution >= 4 is 35.6 Å². The van der Waals surface area contributed by atoms with Gasteiger partial charge in [0.1, 0.15) is 17.3 Å². The maximum absolute atomic E-state index is 5.60. The first-order chi connectivity index (χ1) is 12.6. The summed E-state index contributed by atoms with van der Waals surface area (Å²) in [4.78, 5) is 9.14. The van der Waals surface area contributed by atoms with Crippen molar-refractivity contribution in [3.05, 3.63) is 47.4 Å². The van der Waals surface area contributed by atoms with E-state index in [1.165, 1.54) is 11.3 Å². The Labute approximate surface area is 178 Å². The zero-order valence-electron chi connectivity index (χ0n) is 16.5. The van der Waals surface area contributed by atoms with Crippen LogP contribution in [0.3, 0.4) is 0 Å². The highest BCUT2D eigenvalue weighted by atomic mass is 127. The van der Waals surface area contributed by atoms with Crippen molar-refractivity contribution in [1.82, 2.24) is 10.2 Å². The molecule has 0 atom stereocenters. The SMILES string of the molecule is CN=C(NCc1cc(C)oc1C)N1CCN(c2cccc(OC)c2)CC1.I. The van der Waals surface area contributed by atoms with Crippen molar-refractivity contribution in [3.63, 3.8) is 0 Å². The smallest absolute Gasteiger partial charge is 0.194 e. The fourth-order valence-corrected chi connectivity index (χ4v) is 3.35. The van der Waals surface area contributed by atoms with E-state index in [2.05, 4.69) is 38.3 Å². The molecule has 1 N–H and O–H groups in total. The van der Waals surface area contributed by atoms with Crippen LogP contribution in [0.15, 0.2) is 39.7 Å². The van der Waals surface area contributed by atoms with Crippen LogP contribution < -0.4 is 15.0 Å². The van der Waals surface area contributed by atoms with E-state index >= 15 is 0 Å². The Morgan fingerprint density at radius 3 is 2.52 bits per heavy atom. The van der Waals surface area contributed by atoms with E-state index in [0.29, 0.717) is 0 Å². The van der Waals surface area contributed by atoms with Crippen LogP contribution in [0.25, 0.3) is 0 Å². The van der Waals surface area contributed by atoms with Gasteiger partial charge in [0.2, 0.25) is 0 Å². The summed E-state index contributed by atoms with van der Waals surface area (Å²) in [5, 5.41) is 3.46. The Hall–Kier alpha value is -1.90. The highest BCUT2D eigenvalue weighted by Crippen LogP contribution is 2.22. The summed E-state index contributed by atoms with van der Waals surface area (Å²) in [5.74, 6) is 3.75. The van der Waals surface area contributed by atoms with E-state index in [4.69, 9.17) is 9.15 Å². The van der Waals surface area contributed by atoms with Crippen LogP contribution in [0.2, 0.25) is 0 Å². The molecule has 0 amide bonds. The summed E-state index contributed by atoms with van der Waals surface area (Å²) < 4.78 is 10.9. The van der Waals surface area contributed by atoms with Gasteiger partial charge in [-0.05, 0) is 32.0 Å². The summed E-state index contributed by atoms with van der Waals surface area (Å²) in [6.45, 7) is 8.48. The van der Waals surface area contributed by atoms with E-state index in [0.717, 1.165) is 56.0 Å². The van der Waals surface area contributed by atoms with Gasteiger partial charge in [-0.25, -0.2) is 0 Å². The maximum Gasteiger partial charge on any atom is 0.194 e. The number of hydrogen-bond donors (Lipinski definition) is 1. The van der Waals surface area contributed by atoms with Gasteiger partial charge in [0.15, 0.2) is 5.96 Å². The van der Waals surface area contributed by atoms with Crippen molar-refractivity contribution in [1.29, 1.82) is 0 Å². The molecule has 6 nitrogen and oxygen atoms in total. The molecule has 1 aliphatic heterocycles. The van der Waals surface area contributed by atoms with Crippen LogP contribution >= 0.6 is 24.0 Å². The number of aryl methyl sites for hydroxylation is 2. The Kier molecular flexibility index (Phi) is 7.82. The van der Waals surface area contributed by atoms with E-state index in [1.807, 2.05) is 33.0 Å². The van der Waals surface area contributed by atoms with Gasteiger partial charge >= 0.3 is 0 Å². The molecular weight excluding hydrogens is 455 g/mol. The first-order valence-electron chi connectivity index (χ1n) is 9.01. The van der Waals surface area contributed by atoms with E-state index in [-0.39, 0.29) is 24.0 Å². The third kappa shape index (κ3) is 5.31. The van der Waals surface area contributed by atoms with Gasteiger partial charge in [-0.2, -0.15) is 0 Å². The highest BCUT2D eigenvalue weighted by Gasteiger charge is 2.20. The molecule has 1 aliphatic rings. The lowest BCUT2D eigenvalue weighted by molar-refractivity contribution is 0.371. The number of nitrogens with one attached hydrogen (secondary N) is 1. The number of rotatable bonds is 4. The van der Waals surface area contributed by atoms with Gasteiger partial charge in [0.05, 0.1) is 7.11 Å². The van der Waals surface area contributed by atoms with Crippen LogP contribution in [0.4, 0.5) is 5.69 Å². The normalized spacial score (nSPS) is 14.7. The number of nitrogens with zero attached hydrogens (tertiary/aromatic N) is 3. The number of guanidine groups is 1. The minimum absolute atomic E-state index is 0. The molecule has 1 aromatic heterocycles. The molecule has 0 radical (unpaired) electrons. The first-order valence-corrected chi connectivity index (χ1v) is 9.01. The Morgan fingerprint density at radius 1 is 1.19 bits per heavy atom. The number of furan rings is 1. The lowest BCUT2D eigenvalue weighted by atomic mass is 10.2. The van der Waals surface area contributed by atoms with E-state index < -0.39 is 0 Å². The summed E-state index contributed by atoms with van der Waals surface area (Å²) in [6.07, 6.45) is 0.